The third kappa shape index (κ3) is 3.65. The van der Waals surface area contributed by atoms with Crippen LogP contribution in [0.25, 0.3) is 11.1 Å². The number of benzene rings is 2. The fourth-order valence-electron chi connectivity index (χ4n) is 3.57. The lowest BCUT2D eigenvalue weighted by Gasteiger charge is -2.23. The molecule has 1 amide bonds. The van der Waals surface area contributed by atoms with E-state index in [0.717, 1.165) is 48.1 Å². The zero-order valence-electron chi connectivity index (χ0n) is 15.0. The Balaban J connectivity index is 1.81. The lowest BCUT2D eigenvalue weighted by atomic mass is 9.99. The number of nitrogens with zero attached hydrogens (tertiary/aromatic N) is 1. The first kappa shape index (κ1) is 17.4. The molecule has 1 unspecified atom stereocenters. The number of carbonyl (C=O) groups excluding carboxylic acids is 2. The Kier molecular flexibility index (Phi) is 5.32. The monoisotopic (exact) mass is 335 g/mol. The van der Waals surface area contributed by atoms with Crippen molar-refractivity contribution in [3.05, 3.63) is 59.7 Å². The Morgan fingerprint density at radius 2 is 1.76 bits per heavy atom. The van der Waals surface area contributed by atoms with Crippen LogP contribution in [0.3, 0.4) is 0 Å². The average molecular weight is 335 g/mol. The van der Waals surface area contributed by atoms with Crippen LogP contribution in [0, 0.1) is 0 Å². The largest absolute Gasteiger partial charge is 0.336 e. The van der Waals surface area contributed by atoms with E-state index in [4.69, 9.17) is 0 Å². The number of ketones is 1. The summed E-state index contributed by atoms with van der Waals surface area (Å²) in [4.78, 5) is 26.6. The van der Waals surface area contributed by atoms with Gasteiger partial charge in [0.1, 0.15) is 0 Å². The molecule has 0 spiro atoms. The van der Waals surface area contributed by atoms with Gasteiger partial charge in [0.25, 0.3) is 5.91 Å². The summed E-state index contributed by atoms with van der Waals surface area (Å²) in [7, 11) is 0. The number of carbonyl (C=O) groups is 2. The Morgan fingerprint density at radius 3 is 2.44 bits per heavy atom. The summed E-state index contributed by atoms with van der Waals surface area (Å²) in [5, 5.41) is 0. The summed E-state index contributed by atoms with van der Waals surface area (Å²) in [5.74, 6) is 0.277. The molecular weight excluding hydrogens is 310 g/mol. The molecule has 1 fully saturated rings. The zero-order valence-corrected chi connectivity index (χ0v) is 15.0. The molecule has 25 heavy (non-hydrogen) atoms. The van der Waals surface area contributed by atoms with Crippen LogP contribution < -0.4 is 0 Å². The third-order valence-electron chi connectivity index (χ3n) is 5.08. The van der Waals surface area contributed by atoms with Crippen LogP contribution in [0.2, 0.25) is 0 Å². The number of Topliss-reactive ketones (excluding diaryl/α,β-unsaturated/α-hetero) is 1. The second kappa shape index (κ2) is 7.64. The van der Waals surface area contributed by atoms with Crippen molar-refractivity contribution in [1.82, 2.24) is 4.90 Å². The van der Waals surface area contributed by atoms with Crippen molar-refractivity contribution in [2.24, 2.45) is 0 Å². The molecule has 0 aromatic heterocycles. The third-order valence-corrected chi connectivity index (χ3v) is 5.08. The Labute approximate surface area is 149 Å². The van der Waals surface area contributed by atoms with Gasteiger partial charge in [-0.2, -0.15) is 0 Å². The van der Waals surface area contributed by atoms with E-state index in [9.17, 15) is 9.59 Å². The van der Waals surface area contributed by atoms with Crippen molar-refractivity contribution in [3.8, 4) is 11.1 Å². The molecule has 2 aromatic carbocycles. The van der Waals surface area contributed by atoms with Gasteiger partial charge in [-0.15, -0.1) is 0 Å². The van der Waals surface area contributed by atoms with Crippen LogP contribution >= 0.6 is 0 Å². The van der Waals surface area contributed by atoms with Gasteiger partial charge in [-0.25, -0.2) is 0 Å². The van der Waals surface area contributed by atoms with Crippen molar-refractivity contribution in [2.45, 2.75) is 45.6 Å². The molecular formula is C22H25NO2. The molecule has 1 aliphatic rings. The molecule has 0 saturated carbocycles. The maximum atomic E-state index is 12.7. The van der Waals surface area contributed by atoms with Gasteiger partial charge < -0.3 is 4.90 Å². The fraction of sp³-hybridized carbons (Fsp3) is 0.364. The lowest BCUT2D eigenvalue weighted by Crippen LogP contribution is -2.35. The van der Waals surface area contributed by atoms with Gasteiger partial charge in [0.2, 0.25) is 0 Å². The van der Waals surface area contributed by atoms with Gasteiger partial charge in [0.05, 0.1) is 0 Å². The highest BCUT2D eigenvalue weighted by molar-refractivity contribution is 5.97. The second-order valence-electron chi connectivity index (χ2n) is 6.64. The predicted octanol–water partition coefficient (Wildman–Crippen LogP) is 4.96. The molecule has 0 aliphatic carbocycles. The Morgan fingerprint density at radius 1 is 1.00 bits per heavy atom. The molecule has 130 valence electrons. The van der Waals surface area contributed by atoms with Crippen molar-refractivity contribution in [1.29, 1.82) is 0 Å². The quantitative estimate of drug-likeness (QED) is 0.724. The van der Waals surface area contributed by atoms with E-state index in [1.165, 1.54) is 0 Å². The van der Waals surface area contributed by atoms with Gasteiger partial charge in [-0.3, -0.25) is 9.59 Å². The predicted molar refractivity (Wildman–Crippen MR) is 101 cm³/mol. The minimum Gasteiger partial charge on any atom is -0.336 e. The first-order valence-electron chi connectivity index (χ1n) is 9.18. The van der Waals surface area contributed by atoms with Crippen molar-refractivity contribution in [3.63, 3.8) is 0 Å². The Bertz CT molecular complexity index is 764. The summed E-state index contributed by atoms with van der Waals surface area (Å²) < 4.78 is 0. The van der Waals surface area contributed by atoms with Crippen molar-refractivity contribution < 1.29 is 9.59 Å². The number of rotatable bonds is 5. The van der Waals surface area contributed by atoms with Crippen LogP contribution in [0.4, 0.5) is 0 Å². The van der Waals surface area contributed by atoms with Crippen molar-refractivity contribution in [2.75, 3.05) is 6.54 Å². The second-order valence-corrected chi connectivity index (χ2v) is 6.64. The van der Waals surface area contributed by atoms with Crippen LogP contribution in [0.15, 0.2) is 48.5 Å². The van der Waals surface area contributed by atoms with Crippen LogP contribution in [-0.4, -0.2) is 29.2 Å². The molecule has 1 atom stereocenters. The van der Waals surface area contributed by atoms with E-state index < -0.39 is 0 Å². The normalized spacial score (nSPS) is 16.9. The molecule has 0 N–H and O–H groups in total. The van der Waals surface area contributed by atoms with Crippen LogP contribution in [-0.2, 0) is 0 Å². The zero-order chi connectivity index (χ0) is 17.8. The molecule has 1 heterocycles. The molecule has 1 aliphatic heterocycles. The summed E-state index contributed by atoms with van der Waals surface area (Å²) in [6, 6.07) is 15.8. The van der Waals surface area contributed by atoms with Gasteiger partial charge in [-0.05, 0) is 48.6 Å². The highest BCUT2D eigenvalue weighted by Gasteiger charge is 2.27. The SMILES string of the molecule is CCC(=O)c1cccc(-c2ccc(C(=O)N3CCCC3CC)cc2)c1. The van der Waals surface area contributed by atoms with Gasteiger partial charge >= 0.3 is 0 Å². The first-order chi connectivity index (χ1) is 12.1. The van der Waals surface area contributed by atoms with Gasteiger partial charge in [0, 0.05) is 30.1 Å². The van der Waals surface area contributed by atoms with Crippen LogP contribution in [0.5, 0.6) is 0 Å². The molecule has 0 radical (unpaired) electrons. The van der Waals surface area contributed by atoms with E-state index in [0.29, 0.717) is 12.5 Å². The van der Waals surface area contributed by atoms with Gasteiger partial charge in [0.15, 0.2) is 5.78 Å². The first-order valence-corrected chi connectivity index (χ1v) is 9.18. The summed E-state index contributed by atoms with van der Waals surface area (Å²) in [5.41, 5.74) is 3.51. The fourth-order valence-corrected chi connectivity index (χ4v) is 3.57. The topological polar surface area (TPSA) is 37.4 Å². The number of hydrogen-bond donors (Lipinski definition) is 0. The minimum atomic E-state index is 0.130. The molecule has 2 aromatic rings. The van der Waals surface area contributed by atoms with Crippen molar-refractivity contribution >= 4 is 11.7 Å². The molecule has 3 heteroatoms. The van der Waals surface area contributed by atoms with E-state index >= 15 is 0 Å². The lowest BCUT2D eigenvalue weighted by molar-refractivity contribution is 0.0733. The highest BCUT2D eigenvalue weighted by atomic mass is 16.2. The molecule has 0 bridgehead atoms. The van der Waals surface area contributed by atoms with E-state index in [1.54, 1.807) is 0 Å². The summed E-state index contributed by atoms with van der Waals surface area (Å²) in [6.07, 6.45) is 3.73. The number of hydrogen-bond acceptors (Lipinski definition) is 2. The Hall–Kier alpha value is -2.42. The maximum absolute atomic E-state index is 12.7. The van der Waals surface area contributed by atoms with E-state index in [-0.39, 0.29) is 11.7 Å². The summed E-state index contributed by atoms with van der Waals surface area (Å²) >= 11 is 0. The number of amides is 1. The number of likely N-dealkylation sites (tertiary alicyclic amines) is 1. The molecule has 3 nitrogen and oxygen atoms in total. The van der Waals surface area contributed by atoms with E-state index in [2.05, 4.69) is 6.92 Å². The molecule has 3 rings (SSSR count). The highest BCUT2D eigenvalue weighted by Crippen LogP contribution is 2.25. The minimum absolute atomic E-state index is 0.130. The smallest absolute Gasteiger partial charge is 0.254 e. The standard InChI is InChI=1S/C22H25NO2/c1-3-20-9-6-14-23(20)22(25)17-12-10-16(11-13-17)18-7-5-8-19(15-18)21(24)4-2/h5,7-8,10-13,15,20H,3-4,6,9,14H2,1-2H3. The van der Waals surface area contributed by atoms with Crippen LogP contribution in [0.1, 0.15) is 60.2 Å². The summed E-state index contributed by atoms with van der Waals surface area (Å²) in [6.45, 7) is 4.88. The van der Waals surface area contributed by atoms with E-state index in [1.807, 2.05) is 60.4 Å². The van der Waals surface area contributed by atoms with Gasteiger partial charge in [-0.1, -0.05) is 44.2 Å². The average Bonchev–Trinajstić information content (AvgIpc) is 3.15. The molecule has 1 saturated heterocycles. The maximum Gasteiger partial charge on any atom is 0.254 e.